The van der Waals surface area contributed by atoms with Gasteiger partial charge in [0.1, 0.15) is 0 Å². The van der Waals surface area contributed by atoms with Gasteiger partial charge < -0.3 is 19.8 Å². The lowest BCUT2D eigenvalue weighted by atomic mass is 10.0. The SMILES string of the molecule is O=C(O)C(F)(F)F.O=C1NCCc2[nH]c(-c3ccnc(/C=C/c4ccccc4-c4ccoc4)c3)cc21. The lowest BCUT2D eigenvalue weighted by Crippen LogP contribution is -2.31. The highest BCUT2D eigenvalue weighted by molar-refractivity contribution is 5.97. The van der Waals surface area contributed by atoms with Crippen molar-refractivity contribution in [2.75, 3.05) is 6.54 Å². The van der Waals surface area contributed by atoms with Gasteiger partial charge >= 0.3 is 12.1 Å². The van der Waals surface area contributed by atoms with E-state index in [1.807, 2.05) is 42.5 Å². The minimum atomic E-state index is -5.08. The number of carboxylic acids is 1. The fourth-order valence-electron chi connectivity index (χ4n) is 3.65. The summed E-state index contributed by atoms with van der Waals surface area (Å²) >= 11 is 0. The average molecular weight is 495 g/mol. The number of carboxylic acid groups (broad SMARTS) is 1. The zero-order valence-electron chi connectivity index (χ0n) is 18.7. The van der Waals surface area contributed by atoms with E-state index in [1.165, 1.54) is 0 Å². The molecule has 0 radical (unpaired) electrons. The van der Waals surface area contributed by atoms with Crippen LogP contribution in [-0.2, 0) is 11.2 Å². The Morgan fingerprint density at radius 1 is 1.06 bits per heavy atom. The third-order valence-corrected chi connectivity index (χ3v) is 5.37. The van der Waals surface area contributed by atoms with Crippen molar-refractivity contribution in [2.24, 2.45) is 0 Å². The van der Waals surface area contributed by atoms with E-state index in [0.29, 0.717) is 6.54 Å². The third kappa shape index (κ3) is 5.72. The topological polar surface area (TPSA) is 108 Å². The molecule has 1 aromatic carbocycles. The summed E-state index contributed by atoms with van der Waals surface area (Å²) in [5.41, 5.74) is 7.75. The van der Waals surface area contributed by atoms with Crippen LogP contribution in [0, 0.1) is 0 Å². The standard InChI is InChI=1S/C24H19N3O2.C2HF3O2/c28-24-21-14-23(27-22(21)8-11-26-24)17-7-10-25-19(13-17)6-5-16-3-1-2-4-20(16)18-9-12-29-15-18;3-2(4,5)1(6)7/h1-7,9-10,12-15,27H,8,11H2,(H,26,28);(H,6,7)/b6-5+;. The Kier molecular flexibility index (Phi) is 7.05. The van der Waals surface area contributed by atoms with Gasteiger partial charge in [0.25, 0.3) is 5.91 Å². The van der Waals surface area contributed by atoms with Gasteiger partial charge in [-0.15, -0.1) is 0 Å². The van der Waals surface area contributed by atoms with E-state index in [2.05, 4.69) is 33.5 Å². The van der Waals surface area contributed by atoms with Crippen LogP contribution in [0.5, 0.6) is 0 Å². The molecule has 36 heavy (non-hydrogen) atoms. The summed E-state index contributed by atoms with van der Waals surface area (Å²) in [4.78, 5) is 28.8. The molecule has 0 saturated carbocycles. The summed E-state index contributed by atoms with van der Waals surface area (Å²) < 4.78 is 37.0. The second-order valence-electron chi connectivity index (χ2n) is 7.79. The number of hydrogen-bond acceptors (Lipinski definition) is 4. The first kappa shape index (κ1) is 24.5. The minimum absolute atomic E-state index is 0.0150. The average Bonchev–Trinajstić information content (AvgIpc) is 3.54. The summed E-state index contributed by atoms with van der Waals surface area (Å²) in [6.07, 6.45) is 5.01. The first-order chi connectivity index (χ1) is 17.2. The van der Waals surface area contributed by atoms with E-state index in [0.717, 1.165) is 51.3 Å². The second kappa shape index (κ2) is 10.3. The van der Waals surface area contributed by atoms with Crippen molar-refractivity contribution in [3.8, 4) is 22.4 Å². The summed E-state index contributed by atoms with van der Waals surface area (Å²) in [6.45, 7) is 0.673. The summed E-state index contributed by atoms with van der Waals surface area (Å²) in [7, 11) is 0. The van der Waals surface area contributed by atoms with Crippen molar-refractivity contribution in [2.45, 2.75) is 12.6 Å². The zero-order valence-corrected chi connectivity index (χ0v) is 18.7. The number of aromatic nitrogens is 2. The number of alkyl halides is 3. The molecule has 0 spiro atoms. The van der Waals surface area contributed by atoms with Gasteiger partial charge in [0, 0.05) is 41.7 Å². The van der Waals surface area contributed by atoms with Crippen molar-refractivity contribution >= 4 is 24.0 Å². The summed E-state index contributed by atoms with van der Waals surface area (Å²) in [5.74, 6) is -2.77. The van der Waals surface area contributed by atoms with Crippen LogP contribution in [0.4, 0.5) is 13.2 Å². The molecule has 0 fully saturated rings. The number of aliphatic carboxylic acids is 1. The molecule has 3 N–H and O–H groups in total. The number of benzene rings is 1. The van der Waals surface area contributed by atoms with Gasteiger partial charge in [-0.05, 0) is 41.5 Å². The number of pyridine rings is 1. The molecule has 5 rings (SSSR count). The Morgan fingerprint density at radius 3 is 2.53 bits per heavy atom. The maximum Gasteiger partial charge on any atom is 0.490 e. The summed E-state index contributed by atoms with van der Waals surface area (Å²) in [6, 6.07) is 16.0. The monoisotopic (exact) mass is 495 g/mol. The van der Waals surface area contributed by atoms with Crippen molar-refractivity contribution in [1.82, 2.24) is 15.3 Å². The maximum absolute atomic E-state index is 12.0. The highest BCUT2D eigenvalue weighted by atomic mass is 19.4. The van der Waals surface area contributed by atoms with Crippen molar-refractivity contribution < 1.29 is 32.3 Å². The van der Waals surface area contributed by atoms with Crippen LogP contribution < -0.4 is 5.32 Å². The van der Waals surface area contributed by atoms with Crippen molar-refractivity contribution in [3.63, 3.8) is 0 Å². The number of nitrogens with zero attached hydrogens (tertiary/aromatic N) is 1. The predicted octanol–water partition coefficient (Wildman–Crippen LogP) is 5.43. The molecule has 0 saturated heterocycles. The highest BCUT2D eigenvalue weighted by Gasteiger charge is 2.38. The fraction of sp³-hybridized carbons (Fsp3) is 0.115. The van der Waals surface area contributed by atoms with Gasteiger partial charge in [0.05, 0.1) is 23.8 Å². The number of aromatic amines is 1. The predicted molar refractivity (Wildman–Crippen MR) is 127 cm³/mol. The Morgan fingerprint density at radius 2 is 1.83 bits per heavy atom. The van der Waals surface area contributed by atoms with Gasteiger partial charge in [0.2, 0.25) is 0 Å². The van der Waals surface area contributed by atoms with E-state index < -0.39 is 12.1 Å². The first-order valence-corrected chi connectivity index (χ1v) is 10.8. The van der Waals surface area contributed by atoms with Gasteiger partial charge in [-0.2, -0.15) is 13.2 Å². The molecule has 0 bridgehead atoms. The van der Waals surface area contributed by atoms with E-state index in [1.54, 1.807) is 18.7 Å². The molecule has 4 aromatic rings. The second-order valence-corrected chi connectivity index (χ2v) is 7.79. The molecule has 1 aliphatic heterocycles. The number of carbonyl (C=O) groups is 2. The van der Waals surface area contributed by atoms with Gasteiger partial charge in [-0.25, -0.2) is 4.79 Å². The van der Waals surface area contributed by atoms with Crippen LogP contribution in [0.2, 0.25) is 0 Å². The number of furan rings is 1. The van der Waals surface area contributed by atoms with E-state index >= 15 is 0 Å². The number of amides is 1. The van der Waals surface area contributed by atoms with E-state index in [-0.39, 0.29) is 5.91 Å². The number of halogens is 3. The number of rotatable bonds is 4. The molecule has 0 atom stereocenters. The third-order valence-electron chi connectivity index (χ3n) is 5.37. The van der Waals surface area contributed by atoms with Crippen LogP contribution in [0.25, 0.3) is 34.5 Å². The molecule has 1 aliphatic rings. The van der Waals surface area contributed by atoms with Gasteiger partial charge in [0.15, 0.2) is 0 Å². The van der Waals surface area contributed by atoms with Crippen LogP contribution in [0.3, 0.4) is 0 Å². The lowest BCUT2D eigenvalue weighted by molar-refractivity contribution is -0.192. The van der Waals surface area contributed by atoms with Crippen LogP contribution in [0.1, 0.15) is 27.3 Å². The number of H-pyrrole nitrogens is 1. The van der Waals surface area contributed by atoms with Crippen molar-refractivity contribution in [1.29, 1.82) is 0 Å². The molecular formula is C26H20F3N3O4. The van der Waals surface area contributed by atoms with Crippen molar-refractivity contribution in [3.05, 3.63) is 89.8 Å². The minimum Gasteiger partial charge on any atom is -0.475 e. The number of nitrogens with one attached hydrogen (secondary N) is 2. The Labute approximate surface area is 203 Å². The zero-order chi connectivity index (χ0) is 25.7. The number of fused-ring (bicyclic) bond motifs is 1. The molecule has 10 heteroatoms. The van der Waals surface area contributed by atoms with E-state index in [4.69, 9.17) is 14.3 Å². The lowest BCUT2D eigenvalue weighted by Gasteiger charge is -2.10. The van der Waals surface area contributed by atoms with Crippen LogP contribution >= 0.6 is 0 Å². The van der Waals surface area contributed by atoms with Gasteiger partial charge in [-0.1, -0.05) is 30.3 Å². The smallest absolute Gasteiger partial charge is 0.475 e. The number of hydrogen-bond donors (Lipinski definition) is 3. The number of carbonyl (C=O) groups excluding carboxylic acids is 1. The molecule has 0 unspecified atom stereocenters. The molecular weight excluding hydrogens is 475 g/mol. The van der Waals surface area contributed by atoms with Crippen LogP contribution in [-0.4, -0.2) is 39.7 Å². The Hall–Kier alpha value is -4.60. The maximum atomic E-state index is 12.0. The van der Waals surface area contributed by atoms with E-state index in [9.17, 15) is 18.0 Å². The van der Waals surface area contributed by atoms with Crippen LogP contribution in [0.15, 0.2) is 71.7 Å². The highest BCUT2D eigenvalue weighted by Crippen LogP contribution is 2.27. The normalized spacial score (nSPS) is 13.0. The Bertz CT molecular complexity index is 1410. The molecule has 4 heterocycles. The first-order valence-electron chi connectivity index (χ1n) is 10.8. The fourth-order valence-corrected chi connectivity index (χ4v) is 3.65. The summed E-state index contributed by atoms with van der Waals surface area (Å²) in [5, 5.41) is 10.0. The quantitative estimate of drug-likeness (QED) is 0.350. The molecule has 184 valence electrons. The Balaban J connectivity index is 0.000000384. The van der Waals surface area contributed by atoms with Gasteiger partial charge in [-0.3, -0.25) is 9.78 Å². The molecule has 1 amide bonds. The molecule has 0 aliphatic carbocycles. The largest absolute Gasteiger partial charge is 0.490 e. The molecule has 7 nitrogen and oxygen atoms in total. The molecule has 3 aromatic heterocycles.